The summed E-state index contributed by atoms with van der Waals surface area (Å²) in [6.07, 6.45) is 1.77. The molecule has 2 heterocycles. The maximum absolute atomic E-state index is 9.72. The van der Waals surface area contributed by atoms with Crippen LogP contribution in [-0.4, -0.2) is 26.7 Å². The highest BCUT2D eigenvalue weighted by Crippen LogP contribution is 2.27. The van der Waals surface area contributed by atoms with Crippen LogP contribution in [0.5, 0.6) is 5.75 Å². The van der Waals surface area contributed by atoms with E-state index in [2.05, 4.69) is 32.0 Å². The van der Waals surface area contributed by atoms with Crippen molar-refractivity contribution in [1.29, 1.82) is 0 Å². The molecule has 0 aliphatic heterocycles. The summed E-state index contributed by atoms with van der Waals surface area (Å²) in [4.78, 5) is 9.12. The first-order chi connectivity index (χ1) is 12.2. The van der Waals surface area contributed by atoms with Gasteiger partial charge in [0.1, 0.15) is 11.3 Å². The molecular weight excluding hydrogens is 312 g/mol. The predicted octanol–water partition coefficient (Wildman–Crippen LogP) is 3.89. The zero-order valence-electron chi connectivity index (χ0n) is 13.8. The van der Waals surface area contributed by atoms with Crippen molar-refractivity contribution in [2.24, 2.45) is 0 Å². The molecule has 0 spiro atoms. The molecular formula is C20H18N4O. The molecule has 0 aliphatic rings. The van der Waals surface area contributed by atoms with Crippen LogP contribution in [0, 0.1) is 0 Å². The number of nitrogens with zero attached hydrogens (tertiary/aromatic N) is 3. The minimum absolute atomic E-state index is 0.230. The summed E-state index contributed by atoms with van der Waals surface area (Å²) in [5.41, 5.74) is 4.72. The molecule has 5 heteroatoms. The van der Waals surface area contributed by atoms with Crippen LogP contribution in [-0.2, 0) is 6.54 Å². The van der Waals surface area contributed by atoms with Gasteiger partial charge in [0.2, 0.25) is 5.95 Å². The Balaban J connectivity index is 1.84. The molecule has 0 bridgehead atoms. The Morgan fingerprint density at radius 1 is 1.04 bits per heavy atom. The van der Waals surface area contributed by atoms with Crippen molar-refractivity contribution >= 4 is 17.0 Å². The Morgan fingerprint density at radius 3 is 2.64 bits per heavy atom. The number of hydrogen-bond acceptors (Lipinski definition) is 4. The zero-order chi connectivity index (χ0) is 17.2. The molecule has 2 N–H and O–H groups in total. The van der Waals surface area contributed by atoms with Crippen LogP contribution in [0.25, 0.3) is 22.3 Å². The maximum Gasteiger partial charge on any atom is 0.203 e. The second-order valence-electron chi connectivity index (χ2n) is 5.87. The third-order valence-corrected chi connectivity index (χ3v) is 4.18. The van der Waals surface area contributed by atoms with Crippen molar-refractivity contribution in [3.63, 3.8) is 0 Å². The molecule has 2 aromatic heterocycles. The number of anilines is 1. The largest absolute Gasteiger partial charge is 0.508 e. The van der Waals surface area contributed by atoms with Gasteiger partial charge in [0, 0.05) is 12.6 Å². The molecule has 25 heavy (non-hydrogen) atoms. The second kappa shape index (κ2) is 6.28. The third kappa shape index (κ3) is 2.92. The summed E-state index contributed by atoms with van der Waals surface area (Å²) >= 11 is 0. The molecule has 0 fully saturated rings. The van der Waals surface area contributed by atoms with Gasteiger partial charge in [-0.25, -0.2) is 4.98 Å². The zero-order valence-corrected chi connectivity index (χ0v) is 13.8. The highest BCUT2D eigenvalue weighted by atomic mass is 16.3. The first-order valence-corrected chi connectivity index (χ1v) is 8.12. The summed E-state index contributed by atoms with van der Waals surface area (Å²) in [5.74, 6) is 1.03. The average Bonchev–Trinajstić information content (AvgIpc) is 2.99. The molecule has 0 amide bonds. The van der Waals surface area contributed by atoms with E-state index >= 15 is 0 Å². The van der Waals surface area contributed by atoms with E-state index in [-0.39, 0.29) is 5.75 Å². The van der Waals surface area contributed by atoms with Gasteiger partial charge in [-0.3, -0.25) is 4.98 Å². The molecule has 2 aromatic carbocycles. The van der Waals surface area contributed by atoms with E-state index in [1.165, 1.54) is 5.56 Å². The lowest BCUT2D eigenvalue weighted by Gasteiger charge is -2.09. The molecule has 5 nitrogen and oxygen atoms in total. The minimum Gasteiger partial charge on any atom is -0.508 e. The minimum atomic E-state index is 0.230. The van der Waals surface area contributed by atoms with E-state index in [9.17, 15) is 5.11 Å². The fourth-order valence-electron chi connectivity index (χ4n) is 2.97. The van der Waals surface area contributed by atoms with Gasteiger partial charge in [0.25, 0.3) is 0 Å². The van der Waals surface area contributed by atoms with Crippen LogP contribution in [0.2, 0.25) is 0 Å². The van der Waals surface area contributed by atoms with E-state index in [0.29, 0.717) is 0 Å². The number of imidazole rings is 1. The summed E-state index contributed by atoms with van der Waals surface area (Å²) in [7, 11) is 1.87. The maximum atomic E-state index is 9.72. The fourth-order valence-corrected chi connectivity index (χ4v) is 2.97. The van der Waals surface area contributed by atoms with Gasteiger partial charge < -0.3 is 15.0 Å². The Kier molecular flexibility index (Phi) is 3.82. The van der Waals surface area contributed by atoms with Gasteiger partial charge in [-0.05, 0) is 23.8 Å². The van der Waals surface area contributed by atoms with Crippen LogP contribution in [0.15, 0.2) is 66.9 Å². The van der Waals surface area contributed by atoms with Crippen LogP contribution >= 0.6 is 0 Å². The molecule has 0 saturated carbocycles. The van der Waals surface area contributed by atoms with Gasteiger partial charge in [-0.15, -0.1) is 0 Å². The van der Waals surface area contributed by atoms with E-state index in [4.69, 9.17) is 0 Å². The van der Waals surface area contributed by atoms with E-state index in [0.717, 1.165) is 34.8 Å². The highest BCUT2D eigenvalue weighted by Gasteiger charge is 2.12. The Hall–Kier alpha value is -3.34. The lowest BCUT2D eigenvalue weighted by atomic mass is 10.1. The van der Waals surface area contributed by atoms with Crippen LogP contribution < -0.4 is 5.32 Å². The second-order valence-corrected chi connectivity index (χ2v) is 5.87. The molecule has 0 unspecified atom stereocenters. The van der Waals surface area contributed by atoms with Gasteiger partial charge in [0.05, 0.1) is 24.0 Å². The quantitative estimate of drug-likeness (QED) is 0.596. The molecule has 0 radical (unpaired) electrons. The number of phenolic OH excluding ortho intramolecular Hbond substituents is 1. The number of hydrogen-bond donors (Lipinski definition) is 2. The van der Waals surface area contributed by atoms with Crippen LogP contribution in [0.3, 0.4) is 0 Å². The highest BCUT2D eigenvalue weighted by molar-refractivity contribution is 5.82. The monoisotopic (exact) mass is 330 g/mol. The third-order valence-electron chi connectivity index (χ3n) is 4.18. The van der Waals surface area contributed by atoms with Crippen LogP contribution in [0.4, 0.5) is 5.95 Å². The summed E-state index contributed by atoms with van der Waals surface area (Å²) in [6.45, 7) is 0.719. The predicted molar refractivity (Wildman–Crippen MR) is 99.7 cm³/mol. The van der Waals surface area contributed by atoms with Crippen LogP contribution in [0.1, 0.15) is 5.56 Å². The van der Waals surface area contributed by atoms with Gasteiger partial charge in [-0.2, -0.15) is 0 Å². The van der Waals surface area contributed by atoms with E-state index in [1.54, 1.807) is 18.3 Å². The van der Waals surface area contributed by atoms with Gasteiger partial charge in [-0.1, -0.05) is 42.5 Å². The number of aromatic hydroxyl groups is 1. The smallest absolute Gasteiger partial charge is 0.203 e. The van der Waals surface area contributed by atoms with Crippen molar-refractivity contribution in [3.8, 4) is 17.0 Å². The molecule has 0 atom stereocenters. The Bertz CT molecular complexity index is 1020. The molecule has 124 valence electrons. The molecule has 4 aromatic rings. The Labute approximate surface area is 145 Å². The molecule has 4 rings (SSSR count). The Morgan fingerprint density at radius 2 is 1.88 bits per heavy atom. The lowest BCUT2D eigenvalue weighted by molar-refractivity contribution is 0.475. The molecule has 0 aliphatic carbocycles. The number of benzene rings is 2. The number of fused-ring (bicyclic) bond motifs is 1. The normalized spacial score (nSPS) is 10.9. The summed E-state index contributed by atoms with van der Waals surface area (Å²) in [6, 6.07) is 19.4. The van der Waals surface area contributed by atoms with E-state index in [1.807, 2.05) is 43.4 Å². The summed E-state index contributed by atoms with van der Waals surface area (Å²) in [5, 5.41) is 12.9. The number of phenols is 1. The number of pyridine rings is 1. The first kappa shape index (κ1) is 15.2. The van der Waals surface area contributed by atoms with Crippen molar-refractivity contribution in [2.45, 2.75) is 6.54 Å². The van der Waals surface area contributed by atoms with E-state index < -0.39 is 0 Å². The topological polar surface area (TPSA) is 63.0 Å². The lowest BCUT2D eigenvalue weighted by Crippen LogP contribution is -2.05. The number of aromatic nitrogens is 3. The van der Waals surface area contributed by atoms with Crippen molar-refractivity contribution in [3.05, 3.63) is 72.4 Å². The van der Waals surface area contributed by atoms with Crippen molar-refractivity contribution < 1.29 is 5.11 Å². The fraction of sp³-hybridized carbons (Fsp3) is 0.100. The standard InChI is InChI=1S/C20H18N4O/c1-21-20-23-18-12-22-17(15-8-5-9-16(25)10-15)11-19(18)24(20)13-14-6-3-2-4-7-14/h2-12,25H,13H2,1H3,(H,21,23). The molecule has 0 saturated heterocycles. The average molecular weight is 330 g/mol. The number of rotatable bonds is 4. The number of nitrogens with one attached hydrogen (secondary N) is 1. The van der Waals surface area contributed by atoms with Gasteiger partial charge >= 0.3 is 0 Å². The van der Waals surface area contributed by atoms with Gasteiger partial charge in [0.15, 0.2) is 0 Å². The van der Waals surface area contributed by atoms with Crippen molar-refractivity contribution in [1.82, 2.24) is 14.5 Å². The summed E-state index contributed by atoms with van der Waals surface area (Å²) < 4.78 is 2.14. The van der Waals surface area contributed by atoms with Crippen molar-refractivity contribution in [2.75, 3.05) is 12.4 Å². The first-order valence-electron chi connectivity index (χ1n) is 8.12. The SMILES string of the molecule is CNc1nc2cnc(-c3cccc(O)c3)cc2n1Cc1ccccc1.